The summed E-state index contributed by atoms with van der Waals surface area (Å²) >= 11 is 0. The molecule has 3 amide bonds. The van der Waals surface area contributed by atoms with Crippen molar-refractivity contribution in [1.82, 2.24) is 25.2 Å². The summed E-state index contributed by atoms with van der Waals surface area (Å²) in [5.41, 5.74) is 10.8. The number of pyridine rings is 1. The molecule has 13 heteroatoms. The molecule has 5 aliphatic rings. The Labute approximate surface area is 326 Å². The first kappa shape index (κ1) is 34.5. The summed E-state index contributed by atoms with van der Waals surface area (Å²) in [6.45, 7) is 12.5. The fourth-order valence-electron chi connectivity index (χ4n) is 9.10. The summed E-state index contributed by atoms with van der Waals surface area (Å²) in [5, 5.41) is 10.2. The van der Waals surface area contributed by atoms with Gasteiger partial charge < -0.3 is 25.2 Å². The molecule has 5 aromatic rings. The van der Waals surface area contributed by atoms with E-state index in [4.69, 9.17) is 9.72 Å². The van der Waals surface area contributed by atoms with Crippen molar-refractivity contribution in [2.75, 3.05) is 84.3 Å². The summed E-state index contributed by atoms with van der Waals surface area (Å²) in [4.78, 5) is 47.3. The Kier molecular flexibility index (Phi) is 8.42. The van der Waals surface area contributed by atoms with Crippen LogP contribution in [0.2, 0.25) is 0 Å². The van der Waals surface area contributed by atoms with Gasteiger partial charge in [0.05, 0.1) is 5.52 Å². The standard InChI is InChI=1S/C43H46N10O3/c1-27-19-33(9-10-37(27)53-15-11-38(54)49-42(53)55)52-25-43(26-52)12-16-50(17-13-43)34-23-51(24-34)32-7-5-31(6-8-32)47-41-46-21-30-4-3-29(20-36(30)48-41)35-22-45-40-39(28(35)2)44-14-18-56-40/h3-10,19-22,34,44H,11-18,23-26H2,1-2H3,(H,46,47,48)(H,49,54,55). The van der Waals surface area contributed by atoms with Crippen LogP contribution in [0.3, 0.4) is 0 Å². The number of nitrogens with one attached hydrogen (secondary N) is 3. The third kappa shape index (κ3) is 6.29. The minimum absolute atomic E-state index is 0.208. The highest BCUT2D eigenvalue weighted by Gasteiger charge is 2.47. The molecule has 56 heavy (non-hydrogen) atoms. The monoisotopic (exact) mass is 750 g/mol. The van der Waals surface area contributed by atoms with E-state index in [2.05, 4.69) is 102 Å². The number of piperidine rings is 1. The molecule has 0 atom stereocenters. The molecule has 0 bridgehead atoms. The minimum atomic E-state index is -0.333. The Morgan fingerprint density at radius 3 is 2.46 bits per heavy atom. The SMILES string of the molecule is Cc1cc(N2CC3(CCN(C4CN(c5ccc(Nc6ncc7ccc(-c8cnc9c(c8C)NCCO9)cc7n6)cc5)C4)CC3)C2)ccc1N1CCC(=O)NC1=O. The van der Waals surface area contributed by atoms with E-state index in [1.165, 1.54) is 24.2 Å². The van der Waals surface area contributed by atoms with Gasteiger partial charge in [0.25, 0.3) is 0 Å². The molecule has 10 rings (SSSR count). The zero-order valence-corrected chi connectivity index (χ0v) is 31.8. The topological polar surface area (TPSA) is 131 Å². The predicted molar refractivity (Wildman–Crippen MR) is 219 cm³/mol. The molecule has 2 aromatic heterocycles. The average Bonchev–Trinajstić information content (AvgIpc) is 3.18. The Morgan fingerprint density at radius 2 is 1.68 bits per heavy atom. The second-order valence-electron chi connectivity index (χ2n) is 16.1. The molecule has 0 unspecified atom stereocenters. The Bertz CT molecular complexity index is 2350. The largest absolute Gasteiger partial charge is 0.474 e. The lowest BCUT2D eigenvalue weighted by Crippen LogP contribution is -2.65. The van der Waals surface area contributed by atoms with E-state index in [1.807, 2.05) is 25.4 Å². The van der Waals surface area contributed by atoms with E-state index in [0.717, 1.165) is 96.0 Å². The Hall–Kier alpha value is -5.95. The van der Waals surface area contributed by atoms with Gasteiger partial charge >= 0.3 is 6.03 Å². The Balaban J connectivity index is 0.709. The number of ether oxygens (including phenoxy) is 1. The zero-order chi connectivity index (χ0) is 38.0. The van der Waals surface area contributed by atoms with E-state index < -0.39 is 0 Å². The van der Waals surface area contributed by atoms with Crippen LogP contribution in [0.1, 0.15) is 30.4 Å². The number of carbonyl (C=O) groups excluding carboxylic acids is 2. The first-order valence-corrected chi connectivity index (χ1v) is 19.7. The Morgan fingerprint density at radius 1 is 0.875 bits per heavy atom. The number of nitrogens with zero attached hydrogens (tertiary/aromatic N) is 7. The van der Waals surface area contributed by atoms with Crippen LogP contribution >= 0.6 is 0 Å². The van der Waals surface area contributed by atoms with Gasteiger partial charge in [-0.2, -0.15) is 0 Å². The molecule has 0 aliphatic carbocycles. The molecule has 286 valence electrons. The van der Waals surface area contributed by atoms with Crippen LogP contribution < -0.4 is 35.4 Å². The number of rotatable bonds is 7. The van der Waals surface area contributed by atoms with Gasteiger partial charge in [-0.25, -0.2) is 19.7 Å². The van der Waals surface area contributed by atoms with Crippen molar-refractivity contribution in [1.29, 1.82) is 0 Å². The van der Waals surface area contributed by atoms with Gasteiger partial charge in [-0.05, 0) is 105 Å². The number of urea groups is 1. The maximum absolute atomic E-state index is 12.4. The lowest BCUT2D eigenvalue weighted by Gasteiger charge is -2.57. The third-order valence-electron chi connectivity index (χ3n) is 12.5. The number of benzene rings is 3. The van der Waals surface area contributed by atoms with Crippen molar-refractivity contribution in [2.45, 2.75) is 39.2 Å². The quantitative estimate of drug-likeness (QED) is 0.179. The number of fused-ring (bicyclic) bond motifs is 2. The molecule has 0 radical (unpaired) electrons. The van der Waals surface area contributed by atoms with Crippen LogP contribution in [0.25, 0.3) is 22.0 Å². The summed E-state index contributed by atoms with van der Waals surface area (Å²) < 4.78 is 5.72. The number of likely N-dealkylation sites (tertiary alicyclic amines) is 1. The molecular formula is C43H46N10O3. The van der Waals surface area contributed by atoms with E-state index in [9.17, 15) is 9.59 Å². The lowest BCUT2D eigenvalue weighted by molar-refractivity contribution is -0.120. The van der Waals surface area contributed by atoms with Crippen LogP contribution in [0.4, 0.5) is 39.2 Å². The highest BCUT2D eigenvalue weighted by Crippen LogP contribution is 2.44. The highest BCUT2D eigenvalue weighted by molar-refractivity contribution is 6.06. The molecule has 5 aliphatic heterocycles. The van der Waals surface area contributed by atoms with Crippen molar-refractivity contribution in [3.05, 3.63) is 84.2 Å². The first-order chi connectivity index (χ1) is 27.3. The predicted octanol–water partition coefficient (Wildman–Crippen LogP) is 6.09. The van der Waals surface area contributed by atoms with Gasteiger partial charge in [0.2, 0.25) is 17.7 Å². The summed E-state index contributed by atoms with van der Waals surface area (Å²) in [5.74, 6) is 1.02. The third-order valence-corrected chi connectivity index (χ3v) is 12.5. The van der Waals surface area contributed by atoms with Crippen molar-refractivity contribution in [2.24, 2.45) is 5.41 Å². The van der Waals surface area contributed by atoms with Crippen LogP contribution in [0, 0.1) is 19.3 Å². The summed E-state index contributed by atoms with van der Waals surface area (Å²) in [7, 11) is 0. The van der Waals surface area contributed by atoms with Gasteiger partial charge in [0, 0.05) is 103 Å². The molecule has 7 heterocycles. The van der Waals surface area contributed by atoms with Gasteiger partial charge in [-0.15, -0.1) is 0 Å². The molecule has 1 spiro atoms. The van der Waals surface area contributed by atoms with Crippen LogP contribution in [-0.2, 0) is 4.79 Å². The number of aromatic nitrogens is 3. The van der Waals surface area contributed by atoms with Crippen molar-refractivity contribution in [3.8, 4) is 17.0 Å². The molecule has 4 saturated heterocycles. The van der Waals surface area contributed by atoms with Gasteiger partial charge in [0.15, 0.2) is 0 Å². The fraction of sp³-hybridized carbons (Fsp3) is 0.372. The number of amides is 3. The first-order valence-electron chi connectivity index (χ1n) is 19.7. The number of aryl methyl sites for hydroxylation is 1. The zero-order valence-electron chi connectivity index (χ0n) is 31.8. The van der Waals surface area contributed by atoms with Crippen molar-refractivity contribution < 1.29 is 14.3 Å². The minimum Gasteiger partial charge on any atom is -0.474 e. The normalized spacial score (nSPS) is 19.5. The van der Waals surface area contributed by atoms with Crippen LogP contribution in [0.5, 0.6) is 5.88 Å². The molecule has 3 N–H and O–H groups in total. The van der Waals surface area contributed by atoms with Crippen molar-refractivity contribution >= 4 is 57.2 Å². The summed E-state index contributed by atoms with van der Waals surface area (Å²) in [6.07, 6.45) is 6.54. The highest BCUT2D eigenvalue weighted by atomic mass is 16.5. The number of anilines is 6. The average molecular weight is 751 g/mol. The maximum atomic E-state index is 12.4. The smallest absolute Gasteiger partial charge is 0.328 e. The molecule has 0 saturated carbocycles. The number of carbonyl (C=O) groups is 2. The maximum Gasteiger partial charge on any atom is 0.328 e. The molecule has 4 fully saturated rings. The van der Waals surface area contributed by atoms with E-state index in [-0.39, 0.29) is 11.9 Å². The van der Waals surface area contributed by atoms with E-state index in [0.29, 0.717) is 42.9 Å². The van der Waals surface area contributed by atoms with Crippen LogP contribution in [-0.4, -0.2) is 96.8 Å². The van der Waals surface area contributed by atoms with Gasteiger partial charge in [0.1, 0.15) is 12.3 Å². The second kappa shape index (κ2) is 13.7. The fourth-order valence-corrected chi connectivity index (χ4v) is 9.10. The van der Waals surface area contributed by atoms with E-state index >= 15 is 0 Å². The summed E-state index contributed by atoms with van der Waals surface area (Å²) in [6, 6.07) is 21.4. The van der Waals surface area contributed by atoms with Gasteiger partial charge in [-0.3, -0.25) is 19.9 Å². The molecule has 3 aromatic carbocycles. The van der Waals surface area contributed by atoms with Gasteiger partial charge in [-0.1, -0.05) is 12.1 Å². The number of hydrogen-bond donors (Lipinski definition) is 3. The molecule has 13 nitrogen and oxygen atoms in total. The van der Waals surface area contributed by atoms with Crippen molar-refractivity contribution in [3.63, 3.8) is 0 Å². The van der Waals surface area contributed by atoms with Crippen LogP contribution in [0.15, 0.2) is 73.1 Å². The number of imide groups is 1. The second-order valence-corrected chi connectivity index (χ2v) is 16.1. The lowest BCUT2D eigenvalue weighted by atomic mass is 9.71. The molecular weight excluding hydrogens is 705 g/mol. The van der Waals surface area contributed by atoms with E-state index in [1.54, 1.807) is 4.90 Å². The number of hydrogen-bond acceptors (Lipinski definition) is 11.